The summed E-state index contributed by atoms with van der Waals surface area (Å²) in [6.45, 7) is 13.8. The summed E-state index contributed by atoms with van der Waals surface area (Å²) in [5, 5.41) is 0. The van der Waals surface area contributed by atoms with Crippen molar-refractivity contribution in [3.63, 3.8) is 0 Å². The molecule has 0 aromatic carbocycles. The molecule has 0 unspecified atom stereocenters. The van der Waals surface area contributed by atoms with Crippen LogP contribution in [0.4, 0.5) is 0 Å². The van der Waals surface area contributed by atoms with Gasteiger partial charge in [-0.15, -0.1) is 0 Å². The molecule has 0 aliphatic carbocycles. The SMILES string of the molecule is C[Si](C)(C)n1ccnc1-c1cccc(-c2nccn2[Si](C)(C)C)n1.[Cl-].[Cl-].[Cl-].[V]. The molecule has 3 aromatic rings. The van der Waals surface area contributed by atoms with Crippen LogP contribution < -0.4 is 37.2 Å². The van der Waals surface area contributed by atoms with Crippen molar-refractivity contribution in [3.05, 3.63) is 43.0 Å². The second-order valence-electron chi connectivity index (χ2n) is 7.99. The summed E-state index contributed by atoms with van der Waals surface area (Å²) in [4.78, 5) is 14.0. The first-order valence-electron chi connectivity index (χ1n) is 8.23. The van der Waals surface area contributed by atoms with Gasteiger partial charge in [-0.1, -0.05) is 45.3 Å². The Hall–Kier alpha value is -0.542. The van der Waals surface area contributed by atoms with E-state index in [1.54, 1.807) is 0 Å². The van der Waals surface area contributed by atoms with Gasteiger partial charge >= 0.3 is 0 Å². The molecule has 0 saturated carbocycles. The van der Waals surface area contributed by atoms with Gasteiger partial charge in [-0.3, -0.25) is 0 Å². The Labute approximate surface area is 200 Å². The second-order valence-corrected chi connectivity index (χ2v) is 17.6. The third-order valence-corrected chi connectivity index (χ3v) is 7.55. The van der Waals surface area contributed by atoms with Gasteiger partial charge in [-0.05, 0) is 12.1 Å². The Kier molecular flexibility index (Phi) is 11.7. The summed E-state index contributed by atoms with van der Waals surface area (Å²) in [5.74, 6) is 1.89. The fourth-order valence-electron chi connectivity index (χ4n) is 2.75. The number of imidazole rings is 2. The molecule has 3 heterocycles. The van der Waals surface area contributed by atoms with Crippen LogP contribution in [-0.2, 0) is 18.6 Å². The fourth-order valence-corrected chi connectivity index (χ4v) is 5.40. The van der Waals surface area contributed by atoms with Crippen LogP contribution >= 0.6 is 0 Å². The minimum absolute atomic E-state index is 0. The van der Waals surface area contributed by atoms with E-state index in [2.05, 4.69) is 70.1 Å². The van der Waals surface area contributed by atoms with E-state index in [0.717, 1.165) is 23.0 Å². The van der Waals surface area contributed by atoms with E-state index < -0.39 is 16.5 Å². The molecule has 1 radical (unpaired) electrons. The molecule has 3 aromatic heterocycles. The molecule has 0 aliphatic rings. The van der Waals surface area contributed by atoms with Crippen LogP contribution in [-0.4, -0.2) is 39.9 Å². The first kappa shape index (κ1) is 29.7. The Balaban J connectivity index is 0. The number of aromatic nitrogens is 5. The number of pyridine rings is 1. The van der Waals surface area contributed by atoms with Gasteiger partial charge in [-0.2, -0.15) is 0 Å². The van der Waals surface area contributed by atoms with Crippen molar-refractivity contribution in [2.75, 3.05) is 0 Å². The minimum atomic E-state index is -1.53. The van der Waals surface area contributed by atoms with E-state index in [1.165, 1.54) is 0 Å². The Bertz CT molecular complexity index is 805. The van der Waals surface area contributed by atoms with Crippen LogP contribution in [0, 0.1) is 0 Å². The molecule has 0 amide bonds. The summed E-state index contributed by atoms with van der Waals surface area (Å²) >= 11 is 0. The molecule has 5 nitrogen and oxygen atoms in total. The van der Waals surface area contributed by atoms with E-state index in [0.29, 0.717) is 0 Å². The zero-order valence-electron chi connectivity index (χ0n) is 16.9. The van der Waals surface area contributed by atoms with E-state index >= 15 is 0 Å². The number of hydrogen-bond acceptors (Lipinski definition) is 3. The van der Waals surface area contributed by atoms with Gasteiger partial charge in [0.15, 0.2) is 28.1 Å². The Morgan fingerprint density at radius 3 is 1.36 bits per heavy atom. The van der Waals surface area contributed by atoms with Crippen LogP contribution in [0.3, 0.4) is 0 Å². The van der Waals surface area contributed by atoms with Crippen LogP contribution in [0.2, 0.25) is 39.3 Å². The van der Waals surface area contributed by atoms with Crippen molar-refractivity contribution >= 4 is 16.5 Å². The van der Waals surface area contributed by atoms with Crippen molar-refractivity contribution in [3.8, 4) is 23.0 Å². The average molecular weight is 513 g/mol. The van der Waals surface area contributed by atoms with Crippen LogP contribution in [0.25, 0.3) is 23.0 Å². The van der Waals surface area contributed by atoms with E-state index in [1.807, 2.05) is 30.6 Å². The molecule has 0 spiro atoms. The first-order chi connectivity index (χ1) is 11.2. The summed E-state index contributed by atoms with van der Waals surface area (Å²) in [7, 11) is -3.07. The molecular weight excluding hydrogens is 488 g/mol. The third-order valence-electron chi connectivity index (χ3n) is 3.93. The zero-order chi connectivity index (χ0) is 17.5. The quantitative estimate of drug-likeness (QED) is 0.330. The number of halogens is 3. The van der Waals surface area contributed by atoms with Gasteiger partial charge in [0.1, 0.15) is 11.4 Å². The second kappa shape index (κ2) is 11.0. The van der Waals surface area contributed by atoms with E-state index in [-0.39, 0.29) is 55.8 Å². The predicted molar refractivity (Wildman–Crippen MR) is 104 cm³/mol. The average Bonchev–Trinajstić information content (AvgIpc) is 3.15. The zero-order valence-corrected chi connectivity index (χ0v) is 22.5. The maximum Gasteiger partial charge on any atom is 0.154 e. The van der Waals surface area contributed by atoms with Crippen LogP contribution in [0.5, 0.6) is 0 Å². The topological polar surface area (TPSA) is 48.5 Å². The van der Waals surface area contributed by atoms with Crippen molar-refractivity contribution in [2.45, 2.75) is 39.3 Å². The normalized spacial score (nSPS) is 10.8. The monoisotopic (exact) mass is 511 g/mol. The summed E-state index contributed by atoms with van der Waals surface area (Å²) < 4.78 is 4.59. The Morgan fingerprint density at radius 2 is 1.04 bits per heavy atom. The fraction of sp³-hybridized carbons (Fsp3) is 0.353. The van der Waals surface area contributed by atoms with Crippen molar-refractivity contribution < 1.29 is 55.8 Å². The molecule has 0 N–H and O–H groups in total. The molecule has 0 aliphatic heterocycles. The van der Waals surface area contributed by atoms with Gasteiger partial charge < -0.3 is 45.7 Å². The van der Waals surface area contributed by atoms with Crippen molar-refractivity contribution in [2.24, 2.45) is 0 Å². The first-order valence-corrected chi connectivity index (χ1v) is 15.1. The third kappa shape index (κ3) is 6.23. The molecule has 155 valence electrons. The van der Waals surface area contributed by atoms with Gasteiger partial charge in [0.25, 0.3) is 0 Å². The summed E-state index contributed by atoms with van der Waals surface area (Å²) in [6, 6.07) is 6.11. The molecule has 28 heavy (non-hydrogen) atoms. The molecule has 0 atom stereocenters. The van der Waals surface area contributed by atoms with Crippen molar-refractivity contribution in [1.29, 1.82) is 0 Å². The molecule has 0 saturated heterocycles. The van der Waals surface area contributed by atoms with Crippen molar-refractivity contribution in [1.82, 2.24) is 23.4 Å². The smallest absolute Gasteiger partial charge is 0.154 e. The molecular formula is C17H25Cl3N5Si2V-3. The minimum Gasteiger partial charge on any atom is -1.00 e. The van der Waals surface area contributed by atoms with Gasteiger partial charge in [0, 0.05) is 43.3 Å². The molecule has 11 heteroatoms. The number of nitrogens with zero attached hydrogens (tertiary/aromatic N) is 5. The standard InChI is InChI=1S/C17H25N5Si2.3ClH.V/c1-23(2,3)21-12-10-18-16(21)14-8-7-9-15(20-14)17-19-11-13-22(17)24(4,5)6;;;;/h7-13H,1-6H3;3*1H;/p-3. The van der Waals surface area contributed by atoms with Crippen LogP contribution in [0.1, 0.15) is 0 Å². The number of hydrogen-bond donors (Lipinski definition) is 0. The Morgan fingerprint density at radius 1 is 0.679 bits per heavy atom. The van der Waals surface area contributed by atoms with E-state index in [4.69, 9.17) is 4.98 Å². The summed E-state index contributed by atoms with van der Waals surface area (Å²) in [5.41, 5.74) is 1.81. The summed E-state index contributed by atoms with van der Waals surface area (Å²) in [6.07, 6.45) is 7.87. The van der Waals surface area contributed by atoms with Gasteiger partial charge in [0.2, 0.25) is 0 Å². The maximum absolute atomic E-state index is 4.88. The largest absolute Gasteiger partial charge is 1.00 e. The molecule has 0 bridgehead atoms. The maximum atomic E-state index is 4.88. The molecule has 0 fully saturated rings. The van der Waals surface area contributed by atoms with Crippen LogP contribution in [0.15, 0.2) is 43.0 Å². The number of rotatable bonds is 4. The van der Waals surface area contributed by atoms with Gasteiger partial charge in [-0.25, -0.2) is 15.0 Å². The molecule has 3 rings (SSSR count). The van der Waals surface area contributed by atoms with Gasteiger partial charge in [0.05, 0.1) is 0 Å². The van der Waals surface area contributed by atoms with E-state index in [9.17, 15) is 0 Å². The predicted octanol–water partition coefficient (Wildman–Crippen LogP) is -4.82.